The topological polar surface area (TPSA) is 46.4 Å². The van der Waals surface area contributed by atoms with Crippen LogP contribution < -0.4 is 10.1 Å². The van der Waals surface area contributed by atoms with Crippen molar-refractivity contribution in [3.8, 4) is 0 Å². The van der Waals surface area contributed by atoms with Gasteiger partial charge < -0.3 is 9.88 Å². The van der Waals surface area contributed by atoms with Crippen molar-refractivity contribution in [1.82, 2.24) is 4.57 Å². The third kappa shape index (κ3) is 4.19. The molecule has 2 aromatic rings. The standard InChI is InChI=1S/C13H12F3N3OS/c1-19-5-6-21-12(19)18-11(20)8-17-10-4-2-3-9(7-10)13(14,15)16/h2-7,17H,8H2,1H3. The predicted molar refractivity (Wildman–Crippen MR) is 73.8 cm³/mol. The van der Waals surface area contributed by atoms with Gasteiger partial charge in [-0.25, -0.2) is 0 Å². The number of anilines is 1. The lowest BCUT2D eigenvalue weighted by Gasteiger charge is -2.09. The van der Waals surface area contributed by atoms with Gasteiger partial charge in [0.15, 0.2) is 4.80 Å². The van der Waals surface area contributed by atoms with Crippen LogP contribution in [0.2, 0.25) is 0 Å². The fourth-order valence-corrected chi connectivity index (χ4v) is 2.31. The van der Waals surface area contributed by atoms with E-state index in [0.717, 1.165) is 12.1 Å². The number of nitrogens with one attached hydrogen (secondary N) is 1. The van der Waals surface area contributed by atoms with Gasteiger partial charge in [0.25, 0.3) is 5.91 Å². The van der Waals surface area contributed by atoms with E-state index in [1.165, 1.54) is 23.5 Å². The normalized spacial score (nSPS) is 12.5. The molecule has 0 saturated heterocycles. The molecule has 2 rings (SSSR count). The molecule has 0 unspecified atom stereocenters. The van der Waals surface area contributed by atoms with Crippen LogP contribution in [0.5, 0.6) is 0 Å². The highest BCUT2D eigenvalue weighted by Crippen LogP contribution is 2.30. The molecule has 0 aliphatic heterocycles. The van der Waals surface area contributed by atoms with Crippen LogP contribution >= 0.6 is 11.3 Å². The van der Waals surface area contributed by atoms with E-state index in [9.17, 15) is 18.0 Å². The molecule has 0 bridgehead atoms. The van der Waals surface area contributed by atoms with E-state index < -0.39 is 17.6 Å². The molecule has 0 fully saturated rings. The fourth-order valence-electron chi connectivity index (χ4n) is 1.56. The monoisotopic (exact) mass is 315 g/mol. The van der Waals surface area contributed by atoms with Crippen LogP contribution in [0.15, 0.2) is 40.8 Å². The van der Waals surface area contributed by atoms with Gasteiger partial charge in [-0.05, 0) is 18.2 Å². The van der Waals surface area contributed by atoms with Crippen molar-refractivity contribution in [2.75, 3.05) is 11.9 Å². The zero-order chi connectivity index (χ0) is 15.5. The number of hydrogen-bond donors (Lipinski definition) is 1. The minimum absolute atomic E-state index is 0.167. The first-order valence-corrected chi connectivity index (χ1v) is 6.83. The lowest BCUT2D eigenvalue weighted by Crippen LogP contribution is -2.18. The number of aryl methyl sites for hydroxylation is 1. The number of alkyl halides is 3. The quantitative estimate of drug-likeness (QED) is 0.946. The average molecular weight is 315 g/mol. The molecule has 0 atom stereocenters. The van der Waals surface area contributed by atoms with Crippen molar-refractivity contribution in [1.29, 1.82) is 0 Å². The SMILES string of the molecule is Cn1ccsc1=NC(=O)CNc1cccc(C(F)(F)F)c1. The summed E-state index contributed by atoms with van der Waals surface area (Å²) in [5, 5.41) is 4.42. The number of thiazole rings is 1. The van der Waals surface area contributed by atoms with E-state index in [4.69, 9.17) is 0 Å². The summed E-state index contributed by atoms with van der Waals surface area (Å²) in [6, 6.07) is 4.68. The van der Waals surface area contributed by atoms with Gasteiger partial charge >= 0.3 is 6.18 Å². The smallest absolute Gasteiger partial charge is 0.376 e. The maximum absolute atomic E-state index is 12.5. The van der Waals surface area contributed by atoms with Crippen LogP contribution in [0.1, 0.15) is 5.56 Å². The Labute approximate surface area is 122 Å². The molecule has 1 N–H and O–H groups in total. The molecular formula is C13H12F3N3OS. The van der Waals surface area contributed by atoms with Crippen molar-refractivity contribution in [3.05, 3.63) is 46.2 Å². The lowest BCUT2D eigenvalue weighted by atomic mass is 10.2. The Hall–Kier alpha value is -2.09. The number of benzene rings is 1. The van der Waals surface area contributed by atoms with E-state index in [1.54, 1.807) is 23.2 Å². The molecule has 0 aliphatic carbocycles. The molecule has 21 heavy (non-hydrogen) atoms. The molecule has 4 nitrogen and oxygen atoms in total. The van der Waals surface area contributed by atoms with Gasteiger partial charge in [-0.1, -0.05) is 6.07 Å². The van der Waals surface area contributed by atoms with E-state index in [0.29, 0.717) is 4.80 Å². The van der Waals surface area contributed by atoms with Crippen LogP contribution in [0, 0.1) is 0 Å². The Balaban J connectivity index is 2.04. The van der Waals surface area contributed by atoms with E-state index >= 15 is 0 Å². The summed E-state index contributed by atoms with van der Waals surface area (Å²) in [5.74, 6) is -0.453. The molecular weight excluding hydrogens is 303 g/mol. The number of carbonyl (C=O) groups is 1. The van der Waals surface area contributed by atoms with E-state index in [1.807, 2.05) is 0 Å². The summed E-state index contributed by atoms with van der Waals surface area (Å²) in [4.78, 5) is 16.1. The molecule has 0 aliphatic rings. The molecule has 1 aromatic heterocycles. The van der Waals surface area contributed by atoms with Crippen LogP contribution in [-0.2, 0) is 18.0 Å². The second kappa shape index (κ2) is 6.13. The molecule has 1 aromatic carbocycles. The first kappa shape index (κ1) is 15.3. The Morgan fingerprint density at radius 2 is 2.19 bits per heavy atom. The Kier molecular flexibility index (Phi) is 4.46. The average Bonchev–Trinajstić information content (AvgIpc) is 2.81. The summed E-state index contributed by atoms with van der Waals surface area (Å²) >= 11 is 1.30. The predicted octanol–water partition coefficient (Wildman–Crippen LogP) is 2.64. The molecule has 1 amide bonds. The molecule has 8 heteroatoms. The van der Waals surface area contributed by atoms with Gasteiger partial charge in [-0.3, -0.25) is 4.79 Å². The number of rotatable bonds is 3. The first-order valence-electron chi connectivity index (χ1n) is 5.95. The Morgan fingerprint density at radius 3 is 2.81 bits per heavy atom. The van der Waals surface area contributed by atoms with E-state index in [2.05, 4.69) is 10.3 Å². The highest BCUT2D eigenvalue weighted by atomic mass is 32.1. The van der Waals surface area contributed by atoms with Gasteiger partial charge in [-0.2, -0.15) is 18.2 Å². The van der Waals surface area contributed by atoms with Gasteiger partial charge in [0.1, 0.15) is 0 Å². The summed E-state index contributed by atoms with van der Waals surface area (Å²) < 4.78 is 39.3. The lowest BCUT2D eigenvalue weighted by molar-refractivity contribution is -0.137. The van der Waals surface area contributed by atoms with Crippen LogP contribution in [0.25, 0.3) is 0 Å². The second-order valence-electron chi connectivity index (χ2n) is 4.23. The van der Waals surface area contributed by atoms with Crippen molar-refractivity contribution in [3.63, 3.8) is 0 Å². The van der Waals surface area contributed by atoms with Crippen molar-refractivity contribution in [2.45, 2.75) is 6.18 Å². The fraction of sp³-hybridized carbons (Fsp3) is 0.231. The third-order valence-electron chi connectivity index (χ3n) is 2.61. The van der Waals surface area contributed by atoms with Crippen molar-refractivity contribution in [2.24, 2.45) is 12.0 Å². The van der Waals surface area contributed by atoms with Crippen LogP contribution in [0.4, 0.5) is 18.9 Å². The molecule has 0 spiro atoms. The summed E-state index contributed by atoms with van der Waals surface area (Å²) in [6.07, 6.45) is -2.65. The molecule has 0 radical (unpaired) electrons. The number of hydrogen-bond acceptors (Lipinski definition) is 3. The summed E-state index contributed by atoms with van der Waals surface area (Å²) in [6.45, 7) is -0.167. The number of carbonyl (C=O) groups excluding carboxylic acids is 1. The minimum Gasteiger partial charge on any atom is -0.376 e. The van der Waals surface area contributed by atoms with Crippen LogP contribution in [0.3, 0.4) is 0 Å². The molecule has 1 heterocycles. The number of nitrogens with zero attached hydrogens (tertiary/aromatic N) is 2. The van der Waals surface area contributed by atoms with Gasteiger partial charge in [0.2, 0.25) is 0 Å². The van der Waals surface area contributed by atoms with Crippen molar-refractivity contribution < 1.29 is 18.0 Å². The number of aromatic nitrogens is 1. The van der Waals surface area contributed by atoms with Gasteiger partial charge in [0.05, 0.1) is 12.1 Å². The summed E-state index contributed by atoms with van der Waals surface area (Å²) in [7, 11) is 1.75. The van der Waals surface area contributed by atoms with Crippen molar-refractivity contribution >= 4 is 22.9 Å². The number of amides is 1. The minimum atomic E-state index is -4.41. The highest BCUT2D eigenvalue weighted by Gasteiger charge is 2.30. The highest BCUT2D eigenvalue weighted by molar-refractivity contribution is 7.07. The maximum atomic E-state index is 12.5. The van der Waals surface area contributed by atoms with Crippen LogP contribution in [-0.4, -0.2) is 17.0 Å². The Bertz CT molecular complexity index is 703. The van der Waals surface area contributed by atoms with E-state index in [-0.39, 0.29) is 12.2 Å². The number of halogens is 3. The largest absolute Gasteiger partial charge is 0.416 e. The van der Waals surface area contributed by atoms with Gasteiger partial charge in [0, 0.05) is 24.3 Å². The Morgan fingerprint density at radius 1 is 1.43 bits per heavy atom. The molecule has 0 saturated carbocycles. The van der Waals surface area contributed by atoms with Gasteiger partial charge in [-0.15, -0.1) is 11.3 Å². The zero-order valence-corrected chi connectivity index (χ0v) is 11.8. The summed E-state index contributed by atoms with van der Waals surface area (Å²) in [5.41, 5.74) is -0.537. The first-order chi connectivity index (χ1) is 9.86. The zero-order valence-electron chi connectivity index (χ0n) is 11.0. The second-order valence-corrected chi connectivity index (χ2v) is 5.11. The molecule has 112 valence electrons. The maximum Gasteiger partial charge on any atom is 0.416 e. The third-order valence-corrected chi connectivity index (χ3v) is 3.46.